The maximum Gasteiger partial charge on any atom is 0.255 e. The number of nitrogens with one attached hydrogen (secondary N) is 1. The van der Waals surface area contributed by atoms with Crippen molar-refractivity contribution in [2.75, 3.05) is 5.32 Å². The number of benzene rings is 1. The van der Waals surface area contributed by atoms with Gasteiger partial charge in [-0.3, -0.25) is 9.78 Å². The second kappa shape index (κ2) is 4.65. The third-order valence-electron chi connectivity index (χ3n) is 2.31. The number of anilines is 1. The van der Waals surface area contributed by atoms with Crippen LogP contribution in [0.3, 0.4) is 0 Å². The minimum absolute atomic E-state index is 0.0478. The van der Waals surface area contributed by atoms with Crippen molar-refractivity contribution >= 4 is 11.6 Å². The third-order valence-corrected chi connectivity index (χ3v) is 2.31. The molecule has 86 valence electrons. The fraction of sp³-hybridized carbons (Fsp3) is 0.0769. The van der Waals surface area contributed by atoms with Crippen LogP contribution in [0, 0.1) is 6.92 Å². The van der Waals surface area contributed by atoms with E-state index in [2.05, 4.69) is 10.3 Å². The Balaban J connectivity index is 2.20. The summed E-state index contributed by atoms with van der Waals surface area (Å²) in [5.41, 5.74) is 1.68. The number of amides is 1. The predicted molar refractivity (Wildman–Crippen MR) is 65.0 cm³/mol. The number of phenols is 1. The van der Waals surface area contributed by atoms with E-state index in [-0.39, 0.29) is 11.7 Å². The molecule has 1 aromatic heterocycles. The zero-order valence-electron chi connectivity index (χ0n) is 9.34. The summed E-state index contributed by atoms with van der Waals surface area (Å²) in [5, 5.41) is 12.2. The zero-order chi connectivity index (χ0) is 12.3. The molecule has 0 bridgehead atoms. The van der Waals surface area contributed by atoms with Gasteiger partial charge in [-0.1, -0.05) is 12.1 Å². The van der Waals surface area contributed by atoms with Crippen LogP contribution in [0.4, 0.5) is 5.69 Å². The maximum atomic E-state index is 11.9. The van der Waals surface area contributed by atoms with Crippen molar-refractivity contribution in [2.45, 2.75) is 6.92 Å². The zero-order valence-corrected chi connectivity index (χ0v) is 9.34. The number of pyridine rings is 1. The maximum absolute atomic E-state index is 11.9. The second-order valence-electron chi connectivity index (χ2n) is 3.66. The van der Waals surface area contributed by atoms with E-state index >= 15 is 0 Å². The number of aryl methyl sites for hydroxylation is 1. The van der Waals surface area contributed by atoms with Gasteiger partial charge in [-0.05, 0) is 31.2 Å². The van der Waals surface area contributed by atoms with Crippen molar-refractivity contribution in [1.29, 1.82) is 0 Å². The number of nitrogens with zero attached hydrogens (tertiary/aromatic N) is 1. The Morgan fingerprint density at radius 1 is 1.29 bits per heavy atom. The molecule has 0 aliphatic carbocycles. The first-order chi connectivity index (χ1) is 8.16. The summed E-state index contributed by atoms with van der Waals surface area (Å²) in [6.07, 6.45) is 1.58. The van der Waals surface area contributed by atoms with Gasteiger partial charge in [0.25, 0.3) is 5.91 Å². The fourth-order valence-electron chi connectivity index (χ4n) is 1.46. The van der Waals surface area contributed by atoms with Crippen LogP contribution in [-0.4, -0.2) is 16.0 Å². The highest BCUT2D eigenvalue weighted by molar-refractivity contribution is 6.04. The van der Waals surface area contributed by atoms with Gasteiger partial charge in [0.05, 0.1) is 5.69 Å². The van der Waals surface area contributed by atoms with E-state index in [0.717, 1.165) is 5.69 Å². The Hall–Kier alpha value is -2.36. The molecule has 0 fully saturated rings. The monoisotopic (exact) mass is 228 g/mol. The first-order valence-electron chi connectivity index (χ1n) is 5.19. The SMILES string of the molecule is Cc1cc(C(=O)Nc2ccccc2O)ccn1. The molecule has 1 amide bonds. The van der Waals surface area contributed by atoms with Crippen molar-refractivity contribution in [1.82, 2.24) is 4.98 Å². The smallest absolute Gasteiger partial charge is 0.255 e. The van der Waals surface area contributed by atoms with Crippen molar-refractivity contribution in [3.63, 3.8) is 0 Å². The average Bonchev–Trinajstić information content (AvgIpc) is 2.32. The van der Waals surface area contributed by atoms with Crippen molar-refractivity contribution in [3.05, 3.63) is 53.9 Å². The summed E-state index contributed by atoms with van der Waals surface area (Å²) in [5.74, 6) is -0.219. The number of hydrogen-bond donors (Lipinski definition) is 2. The molecule has 1 heterocycles. The minimum atomic E-state index is -0.267. The Morgan fingerprint density at radius 3 is 2.76 bits per heavy atom. The molecule has 0 unspecified atom stereocenters. The fourth-order valence-corrected chi connectivity index (χ4v) is 1.46. The van der Waals surface area contributed by atoms with E-state index in [9.17, 15) is 9.90 Å². The topological polar surface area (TPSA) is 62.2 Å². The molecule has 0 aliphatic rings. The van der Waals surface area contributed by atoms with Crippen molar-refractivity contribution in [3.8, 4) is 5.75 Å². The highest BCUT2D eigenvalue weighted by Crippen LogP contribution is 2.22. The number of aromatic nitrogens is 1. The van der Waals surface area contributed by atoms with Gasteiger partial charge >= 0.3 is 0 Å². The van der Waals surface area contributed by atoms with Gasteiger partial charge in [0.15, 0.2) is 0 Å². The number of carbonyl (C=O) groups is 1. The average molecular weight is 228 g/mol. The molecule has 17 heavy (non-hydrogen) atoms. The number of aromatic hydroxyl groups is 1. The standard InChI is InChI=1S/C13H12N2O2/c1-9-8-10(6-7-14-9)13(17)15-11-4-2-3-5-12(11)16/h2-8,16H,1H3,(H,15,17). The van der Waals surface area contributed by atoms with E-state index in [1.165, 1.54) is 6.07 Å². The Bertz CT molecular complexity index is 553. The molecule has 0 aliphatic heterocycles. The van der Waals surface area contributed by atoms with Gasteiger partial charge in [-0.2, -0.15) is 0 Å². The molecule has 4 nitrogen and oxygen atoms in total. The van der Waals surface area contributed by atoms with Crippen LogP contribution in [0.25, 0.3) is 0 Å². The number of phenolic OH excluding ortho intramolecular Hbond substituents is 1. The molecule has 0 saturated carbocycles. The number of para-hydroxylation sites is 2. The van der Waals surface area contributed by atoms with Crippen LogP contribution in [0.2, 0.25) is 0 Å². The third kappa shape index (κ3) is 2.60. The summed E-state index contributed by atoms with van der Waals surface area (Å²) < 4.78 is 0. The molecule has 1 aromatic carbocycles. The number of hydrogen-bond acceptors (Lipinski definition) is 3. The number of carbonyl (C=O) groups excluding carboxylic acids is 1. The summed E-state index contributed by atoms with van der Waals surface area (Å²) in [7, 11) is 0. The normalized spacial score (nSPS) is 9.94. The van der Waals surface area contributed by atoms with Crippen molar-refractivity contribution < 1.29 is 9.90 Å². The van der Waals surface area contributed by atoms with Crippen LogP contribution in [0.15, 0.2) is 42.6 Å². The Morgan fingerprint density at radius 2 is 2.06 bits per heavy atom. The van der Waals surface area contributed by atoms with E-state index in [4.69, 9.17) is 0 Å². The lowest BCUT2D eigenvalue weighted by Gasteiger charge is -2.07. The van der Waals surface area contributed by atoms with Crippen LogP contribution < -0.4 is 5.32 Å². The molecule has 0 spiro atoms. The quantitative estimate of drug-likeness (QED) is 0.775. The lowest BCUT2D eigenvalue weighted by Crippen LogP contribution is -2.12. The first kappa shape index (κ1) is 11.1. The molecule has 4 heteroatoms. The molecule has 0 saturated heterocycles. The van der Waals surface area contributed by atoms with Gasteiger partial charge in [-0.15, -0.1) is 0 Å². The minimum Gasteiger partial charge on any atom is -0.506 e. The van der Waals surface area contributed by atoms with Crippen LogP contribution in [-0.2, 0) is 0 Å². The van der Waals surface area contributed by atoms with Crippen LogP contribution in [0.5, 0.6) is 5.75 Å². The largest absolute Gasteiger partial charge is 0.506 e. The Labute approximate surface area is 98.9 Å². The predicted octanol–water partition coefficient (Wildman–Crippen LogP) is 2.35. The highest BCUT2D eigenvalue weighted by atomic mass is 16.3. The molecule has 2 rings (SSSR count). The van der Waals surface area contributed by atoms with Crippen molar-refractivity contribution in [2.24, 2.45) is 0 Å². The number of rotatable bonds is 2. The van der Waals surface area contributed by atoms with Crippen LogP contribution in [0.1, 0.15) is 16.1 Å². The molecular weight excluding hydrogens is 216 g/mol. The van der Waals surface area contributed by atoms with E-state index in [1.54, 1.807) is 36.5 Å². The summed E-state index contributed by atoms with van der Waals surface area (Å²) in [6.45, 7) is 1.82. The van der Waals surface area contributed by atoms with E-state index in [1.807, 2.05) is 6.92 Å². The molecule has 0 atom stereocenters. The lowest BCUT2D eigenvalue weighted by molar-refractivity contribution is 0.102. The second-order valence-corrected chi connectivity index (χ2v) is 3.66. The molecule has 2 N–H and O–H groups in total. The van der Waals surface area contributed by atoms with E-state index < -0.39 is 0 Å². The van der Waals surface area contributed by atoms with Gasteiger partial charge in [0.1, 0.15) is 5.75 Å². The Kier molecular flexibility index (Phi) is 3.05. The van der Waals surface area contributed by atoms with E-state index in [0.29, 0.717) is 11.3 Å². The lowest BCUT2D eigenvalue weighted by atomic mass is 10.2. The van der Waals surface area contributed by atoms with Crippen LogP contribution >= 0.6 is 0 Å². The molecular formula is C13H12N2O2. The summed E-state index contributed by atoms with van der Waals surface area (Å²) in [6, 6.07) is 9.92. The summed E-state index contributed by atoms with van der Waals surface area (Å²) in [4.78, 5) is 15.9. The highest BCUT2D eigenvalue weighted by Gasteiger charge is 2.08. The molecule has 0 radical (unpaired) electrons. The molecule has 2 aromatic rings. The first-order valence-corrected chi connectivity index (χ1v) is 5.19. The van der Waals surface area contributed by atoms with Gasteiger partial charge in [-0.25, -0.2) is 0 Å². The van der Waals surface area contributed by atoms with Gasteiger partial charge in [0.2, 0.25) is 0 Å². The summed E-state index contributed by atoms with van der Waals surface area (Å²) >= 11 is 0. The van der Waals surface area contributed by atoms with Gasteiger partial charge in [0, 0.05) is 17.5 Å². The van der Waals surface area contributed by atoms with Gasteiger partial charge < -0.3 is 10.4 Å².